The molecule has 1 saturated heterocycles. The molecule has 0 aliphatic carbocycles. The molecule has 1 aromatic carbocycles. The maximum atomic E-state index is 11.6. The minimum Gasteiger partial charge on any atom is -0.371 e. The topological polar surface area (TPSA) is 64.4 Å². The average Bonchev–Trinajstić information content (AvgIpc) is 2.78. The number of nitrogens with one attached hydrogen (secondary N) is 1. The highest BCUT2D eigenvalue weighted by molar-refractivity contribution is 6.30. The van der Waals surface area contributed by atoms with E-state index in [0.29, 0.717) is 11.6 Å². The standard InChI is InChI=1S/C13H17ClN2O2.ClH/c1-8(15)13(17)16-11-6-7-18-12(11)9-2-4-10(14)5-3-9;/h2-5,8,11-12H,6-7,15H2,1H3,(H,16,17);1H. The van der Waals surface area contributed by atoms with Gasteiger partial charge in [0.25, 0.3) is 0 Å². The number of nitrogens with two attached hydrogens (primary N) is 1. The van der Waals surface area contributed by atoms with E-state index in [2.05, 4.69) is 5.32 Å². The molecule has 0 bridgehead atoms. The lowest BCUT2D eigenvalue weighted by Crippen LogP contribution is -2.44. The minimum absolute atomic E-state index is 0. The van der Waals surface area contributed by atoms with E-state index in [-0.39, 0.29) is 30.5 Å². The number of hydrogen-bond acceptors (Lipinski definition) is 3. The molecule has 1 aliphatic heterocycles. The van der Waals surface area contributed by atoms with Gasteiger partial charge in [-0.05, 0) is 31.0 Å². The predicted octanol–water partition coefficient (Wildman–Crippen LogP) is 2.06. The van der Waals surface area contributed by atoms with Gasteiger partial charge in [0.05, 0.1) is 12.1 Å². The molecule has 3 unspecified atom stereocenters. The average molecular weight is 305 g/mol. The maximum absolute atomic E-state index is 11.6. The van der Waals surface area contributed by atoms with Crippen LogP contribution >= 0.6 is 24.0 Å². The summed E-state index contributed by atoms with van der Waals surface area (Å²) in [5.74, 6) is -0.149. The first-order valence-corrected chi connectivity index (χ1v) is 6.39. The highest BCUT2D eigenvalue weighted by Crippen LogP contribution is 2.29. The van der Waals surface area contributed by atoms with Crippen LogP contribution in [-0.2, 0) is 9.53 Å². The van der Waals surface area contributed by atoms with Crippen molar-refractivity contribution in [2.45, 2.75) is 31.5 Å². The Morgan fingerprint density at radius 2 is 2.11 bits per heavy atom. The summed E-state index contributed by atoms with van der Waals surface area (Å²) in [6.45, 7) is 2.31. The Bertz CT molecular complexity index is 423. The van der Waals surface area contributed by atoms with Crippen molar-refractivity contribution in [1.82, 2.24) is 5.32 Å². The van der Waals surface area contributed by atoms with Gasteiger partial charge in [0.15, 0.2) is 0 Å². The van der Waals surface area contributed by atoms with E-state index in [4.69, 9.17) is 22.1 Å². The third kappa shape index (κ3) is 4.08. The molecule has 3 N–H and O–H groups in total. The number of carbonyl (C=O) groups is 1. The molecule has 6 heteroatoms. The fraction of sp³-hybridized carbons (Fsp3) is 0.462. The zero-order chi connectivity index (χ0) is 13.1. The van der Waals surface area contributed by atoms with Crippen molar-refractivity contribution in [3.63, 3.8) is 0 Å². The highest BCUT2D eigenvalue weighted by atomic mass is 35.5. The summed E-state index contributed by atoms with van der Waals surface area (Å²) in [5.41, 5.74) is 6.57. The zero-order valence-corrected chi connectivity index (χ0v) is 12.2. The second kappa shape index (κ2) is 7.10. The number of hydrogen-bond donors (Lipinski definition) is 2. The monoisotopic (exact) mass is 304 g/mol. The van der Waals surface area contributed by atoms with Gasteiger partial charge in [0.2, 0.25) is 5.91 Å². The Hall–Kier alpha value is -0.810. The predicted molar refractivity (Wildman–Crippen MR) is 77.6 cm³/mol. The number of amides is 1. The Labute approximate surface area is 124 Å². The minimum atomic E-state index is -0.503. The molecule has 106 valence electrons. The van der Waals surface area contributed by atoms with Crippen LogP contribution in [0.25, 0.3) is 0 Å². The van der Waals surface area contributed by atoms with Crippen molar-refractivity contribution in [1.29, 1.82) is 0 Å². The molecule has 0 spiro atoms. The van der Waals surface area contributed by atoms with Crippen LogP contribution in [0.2, 0.25) is 5.02 Å². The quantitative estimate of drug-likeness (QED) is 0.898. The number of carbonyl (C=O) groups excluding carboxylic acids is 1. The number of ether oxygens (including phenoxy) is 1. The van der Waals surface area contributed by atoms with Crippen LogP contribution in [0.4, 0.5) is 0 Å². The third-order valence-electron chi connectivity index (χ3n) is 3.03. The number of rotatable bonds is 3. The van der Waals surface area contributed by atoms with Gasteiger partial charge in [-0.1, -0.05) is 23.7 Å². The SMILES string of the molecule is CC(N)C(=O)NC1CCOC1c1ccc(Cl)cc1.Cl. The molecule has 1 aromatic rings. The molecule has 3 atom stereocenters. The van der Waals surface area contributed by atoms with Gasteiger partial charge in [-0.2, -0.15) is 0 Å². The van der Waals surface area contributed by atoms with Crippen molar-refractivity contribution in [2.75, 3.05) is 6.61 Å². The lowest BCUT2D eigenvalue weighted by atomic mass is 10.0. The number of benzene rings is 1. The summed E-state index contributed by atoms with van der Waals surface area (Å²) in [6, 6.07) is 6.96. The van der Waals surface area contributed by atoms with Crippen molar-refractivity contribution in [2.24, 2.45) is 5.73 Å². The molecule has 4 nitrogen and oxygen atoms in total. The zero-order valence-electron chi connectivity index (χ0n) is 10.6. The van der Waals surface area contributed by atoms with E-state index in [1.54, 1.807) is 6.92 Å². The second-order valence-electron chi connectivity index (χ2n) is 4.54. The van der Waals surface area contributed by atoms with E-state index >= 15 is 0 Å². The highest BCUT2D eigenvalue weighted by Gasteiger charge is 2.31. The Morgan fingerprint density at radius 1 is 1.47 bits per heavy atom. The van der Waals surface area contributed by atoms with Crippen LogP contribution in [-0.4, -0.2) is 24.6 Å². The van der Waals surface area contributed by atoms with Gasteiger partial charge in [-0.25, -0.2) is 0 Å². The maximum Gasteiger partial charge on any atom is 0.236 e. The second-order valence-corrected chi connectivity index (χ2v) is 4.97. The van der Waals surface area contributed by atoms with Crippen LogP contribution in [0, 0.1) is 0 Å². The van der Waals surface area contributed by atoms with E-state index in [0.717, 1.165) is 12.0 Å². The van der Waals surface area contributed by atoms with Gasteiger partial charge < -0.3 is 15.8 Å². The van der Waals surface area contributed by atoms with Crippen LogP contribution < -0.4 is 11.1 Å². The van der Waals surface area contributed by atoms with Crippen molar-refractivity contribution >= 4 is 29.9 Å². The molecular weight excluding hydrogens is 287 g/mol. The molecule has 19 heavy (non-hydrogen) atoms. The van der Waals surface area contributed by atoms with E-state index < -0.39 is 6.04 Å². The first kappa shape index (κ1) is 16.2. The molecule has 1 fully saturated rings. The van der Waals surface area contributed by atoms with Crippen LogP contribution in [0.5, 0.6) is 0 Å². The summed E-state index contributed by atoms with van der Waals surface area (Å²) in [5, 5.41) is 3.61. The lowest BCUT2D eigenvalue weighted by molar-refractivity contribution is -0.123. The molecular formula is C13H18Cl2N2O2. The largest absolute Gasteiger partial charge is 0.371 e. The Balaban J connectivity index is 0.00000180. The van der Waals surface area contributed by atoms with Crippen LogP contribution in [0.1, 0.15) is 25.0 Å². The fourth-order valence-corrected chi connectivity index (χ4v) is 2.16. The fourth-order valence-electron chi connectivity index (χ4n) is 2.03. The van der Waals surface area contributed by atoms with Gasteiger partial charge >= 0.3 is 0 Å². The number of halogens is 2. The van der Waals surface area contributed by atoms with Crippen molar-refractivity contribution in [3.05, 3.63) is 34.9 Å². The lowest BCUT2D eigenvalue weighted by Gasteiger charge is -2.21. The molecule has 2 rings (SSSR count). The summed E-state index contributed by atoms with van der Waals surface area (Å²) >= 11 is 5.85. The molecule has 1 amide bonds. The summed E-state index contributed by atoms with van der Waals surface area (Å²) in [6.07, 6.45) is 0.677. The molecule has 0 aromatic heterocycles. The molecule has 0 radical (unpaired) electrons. The summed E-state index contributed by atoms with van der Waals surface area (Å²) in [4.78, 5) is 11.6. The van der Waals surface area contributed by atoms with Crippen molar-refractivity contribution in [3.8, 4) is 0 Å². The van der Waals surface area contributed by atoms with Crippen LogP contribution in [0.15, 0.2) is 24.3 Å². The van der Waals surface area contributed by atoms with Gasteiger partial charge in [0.1, 0.15) is 6.10 Å². The first-order valence-electron chi connectivity index (χ1n) is 6.01. The van der Waals surface area contributed by atoms with Gasteiger partial charge in [0, 0.05) is 11.6 Å². The molecule has 0 saturated carbocycles. The van der Waals surface area contributed by atoms with Gasteiger partial charge in [-0.15, -0.1) is 12.4 Å². The summed E-state index contributed by atoms with van der Waals surface area (Å²) < 4.78 is 5.67. The summed E-state index contributed by atoms with van der Waals surface area (Å²) in [7, 11) is 0. The van der Waals surface area contributed by atoms with Gasteiger partial charge in [-0.3, -0.25) is 4.79 Å². The molecule has 1 heterocycles. The van der Waals surface area contributed by atoms with E-state index in [1.807, 2.05) is 24.3 Å². The molecule has 1 aliphatic rings. The normalized spacial score (nSPS) is 23.5. The smallest absolute Gasteiger partial charge is 0.236 e. The Kier molecular flexibility index (Phi) is 6.07. The van der Waals surface area contributed by atoms with E-state index in [1.165, 1.54) is 0 Å². The van der Waals surface area contributed by atoms with Crippen LogP contribution in [0.3, 0.4) is 0 Å². The van der Waals surface area contributed by atoms with E-state index in [9.17, 15) is 4.79 Å². The first-order chi connectivity index (χ1) is 8.58. The third-order valence-corrected chi connectivity index (χ3v) is 3.28. The Morgan fingerprint density at radius 3 is 2.68 bits per heavy atom. The van der Waals surface area contributed by atoms with Crippen molar-refractivity contribution < 1.29 is 9.53 Å².